The molecule has 7 heteroatoms. The third kappa shape index (κ3) is 6.39. The van der Waals surface area contributed by atoms with Crippen LogP contribution in [0.2, 0.25) is 0 Å². The lowest BCUT2D eigenvalue weighted by molar-refractivity contribution is 0.415. The fourth-order valence-corrected chi connectivity index (χ4v) is 10.2. The van der Waals surface area contributed by atoms with E-state index in [0.29, 0.717) is 34.7 Å². The van der Waals surface area contributed by atoms with E-state index in [2.05, 4.69) is 199 Å². The zero-order chi connectivity index (χ0) is 45.6. The SMILES string of the molecule is COc1ccc2c(c1)c1ccccc1c1cc3c(cc21)oc1cc2c(cc13)Oc1cc3ccccc3cc1N2c1nc(-c2cccc(-c3ccccc3)c2)nc(-c2cccc(-c3ccccc3)c2)n1. The molecule has 0 aliphatic carbocycles. The van der Waals surface area contributed by atoms with Crippen LogP contribution in [0.5, 0.6) is 17.2 Å². The van der Waals surface area contributed by atoms with Crippen molar-refractivity contribution in [1.29, 1.82) is 0 Å². The summed E-state index contributed by atoms with van der Waals surface area (Å²) in [6.45, 7) is 0. The molecular weight excluding hydrogens is 849 g/mol. The minimum Gasteiger partial charge on any atom is -0.497 e. The number of anilines is 3. The van der Waals surface area contributed by atoms with Crippen LogP contribution in [0.25, 0.3) is 110 Å². The van der Waals surface area contributed by atoms with Crippen molar-refractivity contribution in [3.05, 3.63) is 212 Å². The maximum absolute atomic E-state index is 6.99. The van der Waals surface area contributed by atoms with Crippen LogP contribution in [0.1, 0.15) is 0 Å². The van der Waals surface area contributed by atoms with E-state index < -0.39 is 0 Å². The third-order valence-electron chi connectivity index (χ3n) is 13.5. The van der Waals surface area contributed by atoms with Crippen LogP contribution in [-0.4, -0.2) is 22.1 Å². The summed E-state index contributed by atoms with van der Waals surface area (Å²) in [4.78, 5) is 18.1. The van der Waals surface area contributed by atoms with Crippen LogP contribution in [-0.2, 0) is 0 Å². The number of benzene rings is 11. The average Bonchev–Trinajstić information content (AvgIpc) is 3.77. The van der Waals surface area contributed by atoms with Gasteiger partial charge < -0.3 is 13.9 Å². The Morgan fingerprint density at radius 1 is 0.362 bits per heavy atom. The molecular formula is C62H38N4O3. The molecule has 0 unspecified atom stereocenters. The standard InChI is InChI=1S/C62H38N4O3/c1-67-45-26-27-48-49(32-45)46-24-10-11-25-47(46)50-33-52-53-35-59-55(36-57(53)68-56(52)34-51(48)50)66(54-30-41-18-8-9-19-42(41)31-58(54)69-59)62-64-60(43-22-12-20-39(28-43)37-14-4-2-5-15-37)63-61(65-62)44-23-13-21-40(29-44)38-16-6-3-7-17-38/h2-36H,1H3. The maximum Gasteiger partial charge on any atom is 0.239 e. The first-order valence-corrected chi connectivity index (χ1v) is 23.0. The molecule has 11 aromatic carbocycles. The smallest absolute Gasteiger partial charge is 0.239 e. The first-order valence-electron chi connectivity index (χ1n) is 23.0. The van der Waals surface area contributed by atoms with E-state index in [4.69, 9.17) is 28.8 Å². The lowest BCUT2D eigenvalue weighted by Crippen LogP contribution is -2.19. The van der Waals surface area contributed by atoms with Crippen LogP contribution in [0, 0.1) is 0 Å². The number of nitrogens with zero attached hydrogens (tertiary/aromatic N) is 4. The van der Waals surface area contributed by atoms with Crippen LogP contribution >= 0.6 is 0 Å². The number of hydrogen-bond acceptors (Lipinski definition) is 7. The molecule has 2 aromatic heterocycles. The van der Waals surface area contributed by atoms with Crippen LogP contribution < -0.4 is 14.4 Å². The van der Waals surface area contributed by atoms with Gasteiger partial charge in [0.05, 0.1) is 18.5 Å². The van der Waals surface area contributed by atoms with Crippen molar-refractivity contribution in [2.45, 2.75) is 0 Å². The number of methoxy groups -OCH3 is 1. The molecule has 13 aromatic rings. The molecule has 1 aliphatic rings. The van der Waals surface area contributed by atoms with Crippen LogP contribution in [0.4, 0.5) is 17.3 Å². The molecule has 0 saturated carbocycles. The minimum absolute atomic E-state index is 0.445. The summed E-state index contributed by atoms with van der Waals surface area (Å²) < 4.78 is 19.6. The van der Waals surface area contributed by atoms with E-state index in [0.717, 1.165) is 105 Å². The Bertz CT molecular complexity index is 4120. The molecule has 0 saturated heterocycles. The van der Waals surface area contributed by atoms with Crippen molar-refractivity contribution < 1.29 is 13.9 Å². The van der Waals surface area contributed by atoms with E-state index in [1.165, 1.54) is 5.39 Å². The van der Waals surface area contributed by atoms with Gasteiger partial charge in [0.15, 0.2) is 23.1 Å². The molecule has 0 N–H and O–H groups in total. The normalized spacial score (nSPS) is 12.2. The Balaban J connectivity index is 1.01. The van der Waals surface area contributed by atoms with Gasteiger partial charge in [0, 0.05) is 28.0 Å². The quantitative estimate of drug-likeness (QED) is 0.154. The van der Waals surface area contributed by atoms with Gasteiger partial charge in [-0.25, -0.2) is 4.98 Å². The van der Waals surface area contributed by atoms with Crippen LogP contribution in [0.3, 0.4) is 0 Å². The predicted octanol–water partition coefficient (Wildman–Crippen LogP) is 16.6. The Kier molecular flexibility index (Phi) is 8.66. The van der Waals surface area contributed by atoms with Gasteiger partial charge in [-0.3, -0.25) is 4.90 Å². The Hall–Kier alpha value is -9.33. The van der Waals surface area contributed by atoms with Gasteiger partial charge in [-0.15, -0.1) is 0 Å². The van der Waals surface area contributed by atoms with Gasteiger partial charge in [0.2, 0.25) is 5.95 Å². The van der Waals surface area contributed by atoms with Gasteiger partial charge >= 0.3 is 0 Å². The van der Waals surface area contributed by atoms with E-state index in [1.54, 1.807) is 7.11 Å². The zero-order valence-corrected chi connectivity index (χ0v) is 37.2. The lowest BCUT2D eigenvalue weighted by atomic mass is 9.93. The Morgan fingerprint density at radius 3 is 1.54 bits per heavy atom. The first kappa shape index (κ1) is 38.9. The Labute approximate surface area is 396 Å². The van der Waals surface area contributed by atoms with Gasteiger partial charge in [0.1, 0.15) is 16.9 Å². The summed E-state index contributed by atoms with van der Waals surface area (Å²) in [5.74, 6) is 3.70. The highest BCUT2D eigenvalue weighted by molar-refractivity contribution is 6.28. The molecule has 3 heterocycles. The second-order valence-electron chi connectivity index (χ2n) is 17.6. The summed E-state index contributed by atoms with van der Waals surface area (Å²) in [5, 5.41) is 10.9. The summed E-state index contributed by atoms with van der Waals surface area (Å²) in [6, 6.07) is 73.7. The second kappa shape index (κ2) is 15.4. The molecule has 0 spiro atoms. The molecule has 1 aliphatic heterocycles. The number of fused-ring (bicyclic) bond motifs is 12. The van der Waals surface area contributed by atoms with E-state index in [1.807, 2.05) is 18.2 Å². The molecule has 14 rings (SSSR count). The highest BCUT2D eigenvalue weighted by Gasteiger charge is 2.31. The van der Waals surface area contributed by atoms with Crippen molar-refractivity contribution in [2.24, 2.45) is 0 Å². The van der Waals surface area contributed by atoms with Gasteiger partial charge in [-0.2, -0.15) is 9.97 Å². The minimum atomic E-state index is 0.445. The topological polar surface area (TPSA) is 73.5 Å². The molecule has 0 atom stereocenters. The van der Waals surface area contributed by atoms with Gasteiger partial charge in [0.25, 0.3) is 0 Å². The van der Waals surface area contributed by atoms with Crippen molar-refractivity contribution in [3.8, 4) is 62.3 Å². The molecule has 324 valence electrons. The number of ether oxygens (including phenoxy) is 2. The summed E-state index contributed by atoms with van der Waals surface area (Å²) in [5.41, 5.74) is 9.13. The second-order valence-corrected chi connectivity index (χ2v) is 17.6. The fourth-order valence-electron chi connectivity index (χ4n) is 10.2. The van der Waals surface area contributed by atoms with Gasteiger partial charge in [-0.05, 0) is 120 Å². The average molecular weight is 887 g/mol. The summed E-state index contributed by atoms with van der Waals surface area (Å²) >= 11 is 0. The molecule has 0 amide bonds. The summed E-state index contributed by atoms with van der Waals surface area (Å²) in [7, 11) is 1.71. The highest BCUT2D eigenvalue weighted by Crippen LogP contribution is 2.53. The lowest BCUT2D eigenvalue weighted by Gasteiger charge is -2.32. The van der Waals surface area contributed by atoms with E-state index in [9.17, 15) is 0 Å². The fraction of sp³-hybridized carbons (Fsp3) is 0.0161. The molecule has 0 bridgehead atoms. The number of furan rings is 1. The van der Waals surface area contributed by atoms with E-state index in [-0.39, 0.29) is 0 Å². The molecule has 69 heavy (non-hydrogen) atoms. The van der Waals surface area contributed by atoms with Gasteiger partial charge in [-0.1, -0.05) is 152 Å². The zero-order valence-electron chi connectivity index (χ0n) is 37.2. The van der Waals surface area contributed by atoms with Crippen molar-refractivity contribution >= 4 is 82.4 Å². The van der Waals surface area contributed by atoms with Crippen molar-refractivity contribution in [3.63, 3.8) is 0 Å². The number of hydrogen-bond donors (Lipinski definition) is 0. The molecule has 7 nitrogen and oxygen atoms in total. The summed E-state index contributed by atoms with van der Waals surface area (Å²) in [6.07, 6.45) is 0. The first-order chi connectivity index (χ1) is 34.1. The molecule has 0 fully saturated rings. The van der Waals surface area contributed by atoms with Crippen molar-refractivity contribution in [1.82, 2.24) is 15.0 Å². The number of aromatic nitrogens is 3. The monoisotopic (exact) mass is 886 g/mol. The van der Waals surface area contributed by atoms with Crippen molar-refractivity contribution in [2.75, 3.05) is 12.0 Å². The van der Waals surface area contributed by atoms with Crippen LogP contribution in [0.15, 0.2) is 217 Å². The maximum atomic E-state index is 6.99. The Morgan fingerprint density at radius 2 is 0.870 bits per heavy atom. The highest BCUT2D eigenvalue weighted by atomic mass is 16.5. The van der Waals surface area contributed by atoms with E-state index >= 15 is 0 Å². The third-order valence-corrected chi connectivity index (χ3v) is 13.5. The largest absolute Gasteiger partial charge is 0.497 e. The number of rotatable bonds is 6. The molecule has 0 radical (unpaired) electrons. The predicted molar refractivity (Wildman–Crippen MR) is 280 cm³/mol.